The Morgan fingerprint density at radius 3 is 2.37 bits per heavy atom. The van der Waals surface area contributed by atoms with Crippen LogP contribution in [0.1, 0.15) is 17.3 Å². The van der Waals surface area contributed by atoms with Crippen molar-refractivity contribution in [3.63, 3.8) is 0 Å². The summed E-state index contributed by atoms with van der Waals surface area (Å²) in [7, 11) is 0. The van der Waals surface area contributed by atoms with E-state index in [0.717, 1.165) is 10.6 Å². The van der Waals surface area contributed by atoms with Gasteiger partial charge < -0.3 is 11.1 Å². The van der Waals surface area contributed by atoms with Gasteiger partial charge in [-0.05, 0) is 24.3 Å². The lowest BCUT2D eigenvalue weighted by molar-refractivity contribution is -0.138. The average molecular weight is 259 g/mol. The Morgan fingerprint density at radius 2 is 1.89 bits per heavy atom. The largest absolute Gasteiger partial charge is 0.366 e. The van der Waals surface area contributed by atoms with Crippen LogP contribution in [0.4, 0.5) is 5.69 Å². The van der Waals surface area contributed by atoms with Crippen LogP contribution in [0.25, 0.3) is 0 Å². The number of benzene rings is 1. The molecule has 1 aliphatic rings. The topological polar surface area (TPSA) is 92.5 Å². The minimum Gasteiger partial charge on any atom is -0.366 e. The molecule has 0 spiro atoms. The van der Waals surface area contributed by atoms with Gasteiger partial charge in [0, 0.05) is 29.9 Å². The summed E-state index contributed by atoms with van der Waals surface area (Å²) in [4.78, 5) is 34.7. The standard InChI is InChI=1S/C13H13N3O3/c1-8(17)16-7-11(6-12(16)18)15-10-4-2-9(3-5-10)13(14)19/h2-6,15H,7H2,1H3,(H2,14,19). The molecule has 3 amide bonds. The molecule has 0 unspecified atom stereocenters. The molecule has 6 heteroatoms. The number of anilines is 1. The normalized spacial score (nSPS) is 14.3. The van der Waals surface area contributed by atoms with Crippen molar-refractivity contribution >= 4 is 23.4 Å². The quantitative estimate of drug-likeness (QED) is 0.825. The number of primary amides is 1. The maximum Gasteiger partial charge on any atom is 0.255 e. The monoisotopic (exact) mass is 259 g/mol. The summed E-state index contributed by atoms with van der Waals surface area (Å²) in [5.41, 5.74) is 6.90. The summed E-state index contributed by atoms with van der Waals surface area (Å²) in [5, 5.41) is 3.02. The number of hydrogen-bond acceptors (Lipinski definition) is 4. The zero-order valence-corrected chi connectivity index (χ0v) is 10.3. The van der Waals surface area contributed by atoms with Crippen LogP contribution in [0, 0.1) is 0 Å². The highest BCUT2D eigenvalue weighted by Gasteiger charge is 2.24. The fraction of sp³-hybridized carbons (Fsp3) is 0.154. The minimum atomic E-state index is -0.496. The van der Waals surface area contributed by atoms with Crippen molar-refractivity contribution in [2.24, 2.45) is 5.73 Å². The van der Waals surface area contributed by atoms with Gasteiger partial charge in [0.15, 0.2) is 0 Å². The first kappa shape index (κ1) is 12.8. The van der Waals surface area contributed by atoms with Gasteiger partial charge in [0.25, 0.3) is 5.91 Å². The molecular formula is C13H13N3O3. The number of carbonyl (C=O) groups excluding carboxylic acids is 3. The minimum absolute atomic E-state index is 0.228. The first-order valence-electron chi connectivity index (χ1n) is 5.67. The molecule has 0 bridgehead atoms. The zero-order valence-electron chi connectivity index (χ0n) is 10.3. The van der Waals surface area contributed by atoms with Crippen molar-refractivity contribution in [3.05, 3.63) is 41.6 Å². The van der Waals surface area contributed by atoms with Gasteiger partial charge in [-0.1, -0.05) is 0 Å². The van der Waals surface area contributed by atoms with E-state index in [1.165, 1.54) is 13.0 Å². The maximum atomic E-state index is 11.5. The van der Waals surface area contributed by atoms with Crippen molar-refractivity contribution in [3.8, 4) is 0 Å². The van der Waals surface area contributed by atoms with Crippen LogP contribution in [-0.2, 0) is 9.59 Å². The van der Waals surface area contributed by atoms with E-state index in [-0.39, 0.29) is 18.4 Å². The van der Waals surface area contributed by atoms with Crippen molar-refractivity contribution in [1.29, 1.82) is 0 Å². The molecule has 19 heavy (non-hydrogen) atoms. The van der Waals surface area contributed by atoms with Crippen molar-refractivity contribution in [2.75, 3.05) is 11.9 Å². The lowest BCUT2D eigenvalue weighted by Crippen LogP contribution is -2.31. The molecule has 0 saturated heterocycles. The Hall–Kier alpha value is -2.63. The summed E-state index contributed by atoms with van der Waals surface area (Å²) >= 11 is 0. The van der Waals surface area contributed by atoms with Crippen LogP contribution in [0.15, 0.2) is 36.0 Å². The highest BCUT2D eigenvalue weighted by atomic mass is 16.2. The smallest absolute Gasteiger partial charge is 0.255 e. The number of carbonyl (C=O) groups is 3. The van der Waals surface area contributed by atoms with Crippen LogP contribution < -0.4 is 11.1 Å². The van der Waals surface area contributed by atoms with Gasteiger partial charge in [-0.25, -0.2) is 0 Å². The van der Waals surface area contributed by atoms with E-state index < -0.39 is 5.91 Å². The lowest BCUT2D eigenvalue weighted by Gasteiger charge is -2.12. The third kappa shape index (κ3) is 2.79. The Balaban J connectivity index is 2.07. The molecule has 0 radical (unpaired) electrons. The number of nitrogens with one attached hydrogen (secondary N) is 1. The van der Waals surface area contributed by atoms with Gasteiger partial charge in [-0.15, -0.1) is 0 Å². The summed E-state index contributed by atoms with van der Waals surface area (Å²) in [6.07, 6.45) is 1.38. The number of nitrogens with two attached hydrogens (primary N) is 1. The maximum absolute atomic E-state index is 11.5. The van der Waals surface area contributed by atoms with Crippen LogP contribution in [0.2, 0.25) is 0 Å². The summed E-state index contributed by atoms with van der Waals surface area (Å²) in [5.74, 6) is -1.12. The first-order chi connectivity index (χ1) is 8.97. The molecule has 1 heterocycles. The number of hydrogen-bond donors (Lipinski definition) is 2. The van der Waals surface area contributed by atoms with Gasteiger partial charge in [-0.3, -0.25) is 19.3 Å². The number of imide groups is 1. The molecule has 1 aromatic rings. The third-order valence-corrected chi connectivity index (χ3v) is 2.75. The highest BCUT2D eigenvalue weighted by molar-refractivity contribution is 6.03. The van der Waals surface area contributed by atoms with E-state index in [9.17, 15) is 14.4 Å². The van der Waals surface area contributed by atoms with E-state index in [4.69, 9.17) is 5.73 Å². The summed E-state index contributed by atoms with van der Waals surface area (Å²) < 4.78 is 0. The summed E-state index contributed by atoms with van der Waals surface area (Å²) in [6.45, 7) is 1.57. The molecule has 0 saturated carbocycles. The average Bonchev–Trinajstić information content (AvgIpc) is 2.71. The second-order valence-corrected chi connectivity index (χ2v) is 4.18. The molecule has 1 aromatic carbocycles. The Morgan fingerprint density at radius 1 is 1.26 bits per heavy atom. The number of nitrogens with zero attached hydrogens (tertiary/aromatic N) is 1. The Bertz CT molecular complexity index is 575. The second kappa shape index (κ2) is 4.93. The van der Waals surface area contributed by atoms with Gasteiger partial charge in [-0.2, -0.15) is 0 Å². The van der Waals surface area contributed by atoms with Crippen LogP contribution in [0.3, 0.4) is 0 Å². The highest BCUT2D eigenvalue weighted by Crippen LogP contribution is 2.16. The molecule has 0 aliphatic carbocycles. The Labute approximate surface area is 109 Å². The first-order valence-corrected chi connectivity index (χ1v) is 5.67. The fourth-order valence-electron chi connectivity index (χ4n) is 1.77. The molecule has 0 fully saturated rings. The second-order valence-electron chi connectivity index (χ2n) is 4.18. The van der Waals surface area contributed by atoms with Crippen molar-refractivity contribution < 1.29 is 14.4 Å². The third-order valence-electron chi connectivity index (χ3n) is 2.75. The van der Waals surface area contributed by atoms with E-state index in [1.54, 1.807) is 24.3 Å². The van der Waals surface area contributed by atoms with Gasteiger partial charge in [0.1, 0.15) is 0 Å². The molecule has 0 atom stereocenters. The zero-order chi connectivity index (χ0) is 14.0. The molecule has 2 rings (SSSR count). The number of rotatable bonds is 3. The predicted molar refractivity (Wildman–Crippen MR) is 69.1 cm³/mol. The van der Waals surface area contributed by atoms with Gasteiger partial charge in [0.05, 0.1) is 6.54 Å². The predicted octanol–water partition coefficient (Wildman–Crippen LogP) is 0.470. The fourth-order valence-corrected chi connectivity index (χ4v) is 1.77. The molecule has 0 aromatic heterocycles. The Kier molecular flexibility index (Phi) is 3.33. The van der Waals surface area contributed by atoms with E-state index in [1.807, 2.05) is 0 Å². The number of amides is 3. The molecule has 3 N–H and O–H groups in total. The summed E-state index contributed by atoms with van der Waals surface area (Å²) in [6, 6.07) is 6.54. The SMILES string of the molecule is CC(=O)N1CC(Nc2ccc(C(N)=O)cc2)=CC1=O. The van der Waals surface area contributed by atoms with E-state index >= 15 is 0 Å². The van der Waals surface area contributed by atoms with Gasteiger partial charge >= 0.3 is 0 Å². The molecule has 98 valence electrons. The molecule has 6 nitrogen and oxygen atoms in total. The van der Waals surface area contributed by atoms with Crippen LogP contribution in [-0.4, -0.2) is 29.2 Å². The van der Waals surface area contributed by atoms with E-state index in [0.29, 0.717) is 11.3 Å². The lowest BCUT2D eigenvalue weighted by atomic mass is 10.2. The van der Waals surface area contributed by atoms with Crippen molar-refractivity contribution in [1.82, 2.24) is 4.90 Å². The van der Waals surface area contributed by atoms with Gasteiger partial charge in [0.2, 0.25) is 11.8 Å². The van der Waals surface area contributed by atoms with Crippen molar-refractivity contribution in [2.45, 2.75) is 6.92 Å². The molecular weight excluding hydrogens is 246 g/mol. The van der Waals surface area contributed by atoms with E-state index in [2.05, 4.69) is 5.32 Å². The van der Waals surface area contributed by atoms with Crippen LogP contribution in [0.5, 0.6) is 0 Å². The van der Waals surface area contributed by atoms with Crippen LogP contribution >= 0.6 is 0 Å². The molecule has 1 aliphatic heterocycles.